The number of hydrogen-bond donors (Lipinski definition) is 0. The van der Waals surface area contributed by atoms with Gasteiger partial charge in [0.2, 0.25) is 3.83 Å². The van der Waals surface area contributed by atoms with Crippen LogP contribution in [0.3, 0.4) is 0 Å². The van der Waals surface area contributed by atoms with Crippen molar-refractivity contribution in [3.8, 4) is 0 Å². The molecule has 0 aromatic rings. The maximum atomic E-state index is 11.2. The number of hydrogen-bond acceptors (Lipinski definition) is 0. The maximum Gasteiger partial charge on any atom is 0.316 e. The molecule has 0 rings (SSSR count). The number of halogens is 4. The minimum Gasteiger partial charge on any atom is -0.190 e. The van der Waals surface area contributed by atoms with Gasteiger partial charge in [0, 0.05) is 22.6 Å². The first-order valence-corrected chi connectivity index (χ1v) is 2.33. The van der Waals surface area contributed by atoms with Crippen molar-refractivity contribution in [2.75, 3.05) is 0 Å². The Labute approximate surface area is 51.8 Å². The molecule has 0 saturated carbocycles. The summed E-state index contributed by atoms with van der Waals surface area (Å²) in [5.41, 5.74) is 1.13. The van der Waals surface area contributed by atoms with E-state index in [9.17, 15) is 13.2 Å². The standard InChI is InChI=1S/C3F3I/c4-2(5)1-3(6)7. The fourth-order valence-corrected chi connectivity index (χ4v) is 0.275. The van der Waals surface area contributed by atoms with E-state index in [1.165, 1.54) is 0 Å². The van der Waals surface area contributed by atoms with E-state index in [0.29, 0.717) is 0 Å². The summed E-state index contributed by atoms with van der Waals surface area (Å²) in [5, 5.41) is 0. The molecule has 0 aliphatic rings. The second kappa shape index (κ2) is 3.10. The molecular weight excluding hydrogens is 220 g/mol. The van der Waals surface area contributed by atoms with Gasteiger partial charge in [-0.25, -0.2) is 0 Å². The van der Waals surface area contributed by atoms with Gasteiger partial charge in [-0.1, -0.05) is 0 Å². The molecule has 0 atom stereocenters. The Kier molecular flexibility index (Phi) is 3.11. The Morgan fingerprint density at radius 2 is 1.71 bits per heavy atom. The molecule has 0 bridgehead atoms. The molecule has 0 aromatic carbocycles. The monoisotopic (exact) mass is 220 g/mol. The highest BCUT2D eigenvalue weighted by molar-refractivity contribution is 14.1. The zero-order valence-electron chi connectivity index (χ0n) is 3.01. The highest BCUT2D eigenvalue weighted by Crippen LogP contribution is 2.06. The minimum absolute atomic E-state index is 1.03. The smallest absolute Gasteiger partial charge is 0.190 e. The quantitative estimate of drug-likeness (QED) is 0.434. The molecule has 0 unspecified atom stereocenters. The maximum absolute atomic E-state index is 11.2. The lowest BCUT2D eigenvalue weighted by Gasteiger charge is -1.66. The van der Waals surface area contributed by atoms with Crippen LogP contribution in [0.2, 0.25) is 0 Å². The molecular formula is C3F3I. The van der Waals surface area contributed by atoms with Crippen molar-refractivity contribution in [1.82, 2.24) is 0 Å². The summed E-state index contributed by atoms with van der Waals surface area (Å²) < 4.78 is 31.9. The van der Waals surface area contributed by atoms with Gasteiger partial charge in [0.25, 0.3) is 0 Å². The molecule has 0 N–H and O–H groups in total. The van der Waals surface area contributed by atoms with Gasteiger partial charge in [-0.05, 0) is 5.73 Å². The van der Waals surface area contributed by atoms with E-state index in [0.717, 1.165) is 28.3 Å². The zero-order valence-corrected chi connectivity index (χ0v) is 5.17. The summed E-state index contributed by atoms with van der Waals surface area (Å²) in [7, 11) is 0. The van der Waals surface area contributed by atoms with Crippen LogP contribution in [-0.2, 0) is 0 Å². The molecule has 40 valence electrons. The largest absolute Gasteiger partial charge is 0.316 e. The third-order valence-electron chi connectivity index (χ3n) is 0.189. The van der Waals surface area contributed by atoms with Gasteiger partial charge in [-0.3, -0.25) is 0 Å². The Morgan fingerprint density at radius 3 is 1.71 bits per heavy atom. The predicted octanol–water partition coefficient (Wildman–Crippen LogP) is 2.61. The SMILES string of the molecule is FC(F)=C=C(F)I. The van der Waals surface area contributed by atoms with Crippen LogP contribution in [0.4, 0.5) is 13.2 Å². The second-order valence-electron chi connectivity index (χ2n) is 0.646. The highest BCUT2D eigenvalue weighted by Gasteiger charge is 1.83. The third kappa shape index (κ3) is 6.04. The van der Waals surface area contributed by atoms with Gasteiger partial charge in [0.1, 0.15) is 0 Å². The van der Waals surface area contributed by atoms with Gasteiger partial charge in [-0.15, -0.1) is 0 Å². The summed E-state index contributed by atoms with van der Waals surface area (Å²) in [5.74, 6) is 0. The number of rotatable bonds is 0. The van der Waals surface area contributed by atoms with Crippen LogP contribution < -0.4 is 0 Å². The van der Waals surface area contributed by atoms with Crippen molar-refractivity contribution in [3.05, 3.63) is 15.6 Å². The summed E-state index contributed by atoms with van der Waals surface area (Å²) in [6.45, 7) is 0. The van der Waals surface area contributed by atoms with Gasteiger partial charge in [-0.2, -0.15) is 13.2 Å². The Hall–Kier alpha value is 0.0400. The fourth-order valence-electron chi connectivity index (χ4n) is 0.0714. The molecule has 0 nitrogen and oxygen atoms in total. The van der Waals surface area contributed by atoms with Gasteiger partial charge >= 0.3 is 6.08 Å². The summed E-state index contributed by atoms with van der Waals surface area (Å²) >= 11 is 1.10. The molecule has 0 radical (unpaired) electrons. The molecule has 0 fully saturated rings. The Morgan fingerprint density at radius 1 is 1.29 bits per heavy atom. The normalized spacial score (nSPS) is 7.43. The van der Waals surface area contributed by atoms with E-state index in [4.69, 9.17) is 0 Å². The first-order valence-electron chi connectivity index (χ1n) is 1.26. The van der Waals surface area contributed by atoms with E-state index in [2.05, 4.69) is 0 Å². The van der Waals surface area contributed by atoms with E-state index >= 15 is 0 Å². The van der Waals surface area contributed by atoms with E-state index in [-0.39, 0.29) is 0 Å². The van der Waals surface area contributed by atoms with Crippen molar-refractivity contribution >= 4 is 22.6 Å². The van der Waals surface area contributed by atoms with Crippen molar-refractivity contribution in [1.29, 1.82) is 0 Å². The Bertz CT molecular complexity index is 102. The van der Waals surface area contributed by atoms with Gasteiger partial charge in [0.15, 0.2) is 0 Å². The zero-order chi connectivity index (χ0) is 5.86. The van der Waals surface area contributed by atoms with E-state index in [1.807, 2.05) is 0 Å². The summed E-state index contributed by atoms with van der Waals surface area (Å²) in [6.07, 6.45) is -2.13. The van der Waals surface area contributed by atoms with Crippen molar-refractivity contribution in [3.63, 3.8) is 0 Å². The first kappa shape index (κ1) is 7.04. The highest BCUT2D eigenvalue weighted by atomic mass is 127. The molecule has 0 saturated heterocycles. The molecule has 0 aliphatic heterocycles. The van der Waals surface area contributed by atoms with E-state index in [1.54, 1.807) is 0 Å². The summed E-state index contributed by atoms with van der Waals surface area (Å²) in [4.78, 5) is 0. The lowest BCUT2D eigenvalue weighted by Crippen LogP contribution is -1.47. The average Bonchev–Trinajstić information content (AvgIpc) is 1.27. The second-order valence-corrected chi connectivity index (χ2v) is 1.59. The van der Waals surface area contributed by atoms with Crippen molar-refractivity contribution in [2.45, 2.75) is 0 Å². The van der Waals surface area contributed by atoms with Gasteiger partial charge in [0.05, 0.1) is 0 Å². The molecule has 0 spiro atoms. The average molecular weight is 220 g/mol. The van der Waals surface area contributed by atoms with Crippen LogP contribution in [-0.4, -0.2) is 0 Å². The minimum atomic E-state index is -2.13. The van der Waals surface area contributed by atoms with Crippen LogP contribution in [0, 0.1) is 0 Å². The third-order valence-corrected chi connectivity index (χ3v) is 0.459. The van der Waals surface area contributed by atoms with E-state index < -0.39 is 9.91 Å². The van der Waals surface area contributed by atoms with Crippen LogP contribution >= 0.6 is 22.6 Å². The summed E-state index contributed by atoms with van der Waals surface area (Å²) in [6, 6.07) is 0. The van der Waals surface area contributed by atoms with Crippen molar-refractivity contribution in [2.24, 2.45) is 0 Å². The van der Waals surface area contributed by atoms with Crippen LogP contribution in [0.1, 0.15) is 0 Å². The molecule has 0 amide bonds. The first-order chi connectivity index (χ1) is 3.13. The fraction of sp³-hybridized carbons (Fsp3) is 0. The topological polar surface area (TPSA) is 0 Å². The van der Waals surface area contributed by atoms with Crippen LogP contribution in [0.15, 0.2) is 15.6 Å². The molecule has 0 aliphatic carbocycles. The lowest BCUT2D eigenvalue weighted by atomic mass is 10.9. The van der Waals surface area contributed by atoms with Crippen LogP contribution in [0.25, 0.3) is 0 Å². The van der Waals surface area contributed by atoms with Gasteiger partial charge < -0.3 is 0 Å². The predicted molar refractivity (Wildman–Crippen MR) is 27.9 cm³/mol. The van der Waals surface area contributed by atoms with Crippen LogP contribution in [0.5, 0.6) is 0 Å². The Balaban J connectivity index is 4.13. The molecule has 4 heteroatoms. The molecule has 0 aromatic heterocycles. The van der Waals surface area contributed by atoms with Crippen molar-refractivity contribution < 1.29 is 13.2 Å². The molecule has 7 heavy (non-hydrogen) atoms. The molecule has 0 heterocycles. The lowest BCUT2D eigenvalue weighted by molar-refractivity contribution is 0.422.